The molecular formula is C22H21N3O3. The SMILES string of the molecule is CCOC(=O)c1ccccc1NC(=O)c1cncc(N(C)c2ccccc2)c1. The van der Waals surface area contributed by atoms with Crippen molar-refractivity contribution in [2.45, 2.75) is 6.92 Å². The van der Waals surface area contributed by atoms with Gasteiger partial charge in [0.15, 0.2) is 0 Å². The fourth-order valence-corrected chi connectivity index (χ4v) is 2.71. The van der Waals surface area contributed by atoms with Gasteiger partial charge in [-0.1, -0.05) is 30.3 Å². The van der Waals surface area contributed by atoms with Crippen LogP contribution in [0.15, 0.2) is 73.1 Å². The number of carbonyl (C=O) groups is 2. The highest BCUT2D eigenvalue weighted by molar-refractivity contribution is 6.08. The second-order valence-corrected chi connectivity index (χ2v) is 6.05. The van der Waals surface area contributed by atoms with Gasteiger partial charge in [0.25, 0.3) is 5.91 Å². The molecule has 0 bridgehead atoms. The van der Waals surface area contributed by atoms with E-state index in [9.17, 15) is 9.59 Å². The Hall–Kier alpha value is -3.67. The quantitative estimate of drug-likeness (QED) is 0.651. The van der Waals surface area contributed by atoms with Crippen LogP contribution in [0.1, 0.15) is 27.6 Å². The molecule has 142 valence electrons. The van der Waals surface area contributed by atoms with Crippen LogP contribution >= 0.6 is 0 Å². The molecule has 6 heteroatoms. The van der Waals surface area contributed by atoms with Crippen molar-refractivity contribution in [1.82, 2.24) is 4.98 Å². The largest absolute Gasteiger partial charge is 0.462 e. The third-order valence-electron chi connectivity index (χ3n) is 4.19. The molecule has 0 aliphatic rings. The summed E-state index contributed by atoms with van der Waals surface area (Å²) >= 11 is 0. The van der Waals surface area contributed by atoms with Crippen molar-refractivity contribution >= 4 is 28.9 Å². The highest BCUT2D eigenvalue weighted by Crippen LogP contribution is 2.24. The second kappa shape index (κ2) is 8.81. The number of hydrogen-bond donors (Lipinski definition) is 1. The number of carbonyl (C=O) groups excluding carboxylic acids is 2. The van der Waals surface area contributed by atoms with E-state index in [2.05, 4.69) is 10.3 Å². The highest BCUT2D eigenvalue weighted by atomic mass is 16.5. The van der Waals surface area contributed by atoms with Crippen LogP contribution in [0.4, 0.5) is 17.1 Å². The molecular weight excluding hydrogens is 354 g/mol. The predicted molar refractivity (Wildman–Crippen MR) is 109 cm³/mol. The maximum Gasteiger partial charge on any atom is 0.340 e. The van der Waals surface area contributed by atoms with Gasteiger partial charge in [0, 0.05) is 18.9 Å². The van der Waals surface area contributed by atoms with Crippen molar-refractivity contribution < 1.29 is 14.3 Å². The molecule has 3 rings (SSSR count). The first-order valence-electron chi connectivity index (χ1n) is 8.91. The Morgan fingerprint density at radius 1 is 1.00 bits per heavy atom. The number of hydrogen-bond acceptors (Lipinski definition) is 5. The lowest BCUT2D eigenvalue weighted by molar-refractivity contribution is 0.0527. The van der Waals surface area contributed by atoms with Crippen LogP contribution in [0.3, 0.4) is 0 Å². The van der Waals surface area contributed by atoms with E-state index in [0.717, 1.165) is 11.4 Å². The van der Waals surface area contributed by atoms with Crippen LogP contribution in [0, 0.1) is 0 Å². The number of benzene rings is 2. The minimum atomic E-state index is -0.478. The van der Waals surface area contributed by atoms with Gasteiger partial charge in [0.2, 0.25) is 0 Å². The number of nitrogens with zero attached hydrogens (tertiary/aromatic N) is 2. The van der Waals surface area contributed by atoms with E-state index in [0.29, 0.717) is 16.8 Å². The molecule has 0 saturated heterocycles. The zero-order valence-electron chi connectivity index (χ0n) is 15.8. The Morgan fingerprint density at radius 3 is 2.46 bits per heavy atom. The molecule has 28 heavy (non-hydrogen) atoms. The molecule has 0 saturated carbocycles. The number of nitrogens with one attached hydrogen (secondary N) is 1. The zero-order valence-corrected chi connectivity index (χ0v) is 15.8. The fourth-order valence-electron chi connectivity index (χ4n) is 2.71. The Labute approximate surface area is 163 Å². The molecule has 0 radical (unpaired) electrons. The molecule has 0 aliphatic heterocycles. The first kappa shape index (κ1) is 19.1. The summed E-state index contributed by atoms with van der Waals surface area (Å²) in [5.41, 5.74) is 2.85. The van der Waals surface area contributed by atoms with Crippen molar-refractivity contribution in [3.63, 3.8) is 0 Å². The molecule has 1 heterocycles. The number of pyridine rings is 1. The first-order valence-corrected chi connectivity index (χ1v) is 8.91. The zero-order chi connectivity index (χ0) is 19.9. The van der Waals surface area contributed by atoms with Crippen LogP contribution < -0.4 is 10.2 Å². The molecule has 3 aromatic rings. The van der Waals surface area contributed by atoms with E-state index >= 15 is 0 Å². The van der Waals surface area contributed by atoms with E-state index in [1.807, 2.05) is 42.3 Å². The van der Waals surface area contributed by atoms with Crippen molar-refractivity contribution in [3.8, 4) is 0 Å². The number of amides is 1. The summed E-state index contributed by atoms with van der Waals surface area (Å²) in [5.74, 6) is -0.832. The third-order valence-corrected chi connectivity index (χ3v) is 4.19. The molecule has 1 aromatic heterocycles. The van der Waals surface area contributed by atoms with Crippen LogP contribution in [0.5, 0.6) is 0 Å². The van der Waals surface area contributed by atoms with Gasteiger partial charge in [-0.05, 0) is 37.3 Å². The van der Waals surface area contributed by atoms with Crippen molar-refractivity contribution in [2.24, 2.45) is 0 Å². The third kappa shape index (κ3) is 4.35. The number of ether oxygens (including phenoxy) is 1. The fraction of sp³-hybridized carbons (Fsp3) is 0.136. The Balaban J connectivity index is 1.82. The predicted octanol–water partition coefficient (Wildman–Crippen LogP) is 4.28. The molecule has 1 amide bonds. The van der Waals surface area contributed by atoms with Crippen LogP contribution in [0.25, 0.3) is 0 Å². The first-order chi connectivity index (χ1) is 13.6. The van der Waals surface area contributed by atoms with Crippen molar-refractivity contribution in [3.05, 3.63) is 84.2 Å². The van der Waals surface area contributed by atoms with Gasteiger partial charge >= 0.3 is 5.97 Å². The summed E-state index contributed by atoms with van der Waals surface area (Å²) < 4.78 is 5.05. The molecule has 0 atom stereocenters. The summed E-state index contributed by atoms with van der Waals surface area (Å²) in [7, 11) is 1.91. The monoisotopic (exact) mass is 375 g/mol. The van der Waals surface area contributed by atoms with Gasteiger partial charge in [-0.25, -0.2) is 4.79 Å². The lowest BCUT2D eigenvalue weighted by Gasteiger charge is -2.19. The number of para-hydroxylation sites is 2. The maximum atomic E-state index is 12.7. The van der Waals surface area contributed by atoms with Gasteiger partial charge in [-0.15, -0.1) is 0 Å². The van der Waals surface area contributed by atoms with Gasteiger partial charge < -0.3 is 15.0 Å². The minimum absolute atomic E-state index is 0.263. The number of rotatable bonds is 6. The molecule has 0 aliphatic carbocycles. The summed E-state index contributed by atoms with van der Waals surface area (Å²) in [5, 5.41) is 2.77. The summed E-state index contributed by atoms with van der Waals surface area (Å²) in [4.78, 5) is 31.0. The van der Waals surface area contributed by atoms with Crippen LogP contribution in [0.2, 0.25) is 0 Å². The standard InChI is InChI=1S/C22H21N3O3/c1-3-28-22(27)19-11-7-8-12-20(19)24-21(26)16-13-18(15-23-14-16)25(2)17-9-5-4-6-10-17/h4-15H,3H2,1-2H3,(H,24,26). The maximum absolute atomic E-state index is 12.7. The Kier molecular flexibility index (Phi) is 6.01. The van der Waals surface area contributed by atoms with Gasteiger partial charge in [-0.2, -0.15) is 0 Å². The molecule has 1 N–H and O–H groups in total. The van der Waals surface area contributed by atoms with Gasteiger partial charge in [-0.3, -0.25) is 9.78 Å². The highest BCUT2D eigenvalue weighted by Gasteiger charge is 2.16. The average molecular weight is 375 g/mol. The summed E-state index contributed by atoms with van der Waals surface area (Å²) in [6.45, 7) is 2.00. The molecule has 0 unspecified atom stereocenters. The van der Waals surface area contributed by atoms with E-state index in [4.69, 9.17) is 4.74 Å². The second-order valence-electron chi connectivity index (χ2n) is 6.05. The molecule has 6 nitrogen and oxygen atoms in total. The summed E-state index contributed by atoms with van der Waals surface area (Å²) in [6, 6.07) is 18.3. The normalized spacial score (nSPS) is 10.2. The molecule has 2 aromatic carbocycles. The smallest absolute Gasteiger partial charge is 0.340 e. The van der Waals surface area contributed by atoms with Crippen molar-refractivity contribution in [1.29, 1.82) is 0 Å². The van der Waals surface area contributed by atoms with E-state index in [1.165, 1.54) is 6.20 Å². The topological polar surface area (TPSA) is 71.5 Å². The van der Waals surface area contributed by atoms with Gasteiger partial charge in [0.1, 0.15) is 0 Å². The minimum Gasteiger partial charge on any atom is -0.462 e. The molecule has 0 fully saturated rings. The van der Waals surface area contributed by atoms with Crippen LogP contribution in [-0.4, -0.2) is 30.5 Å². The Morgan fingerprint density at radius 2 is 1.71 bits per heavy atom. The van der Waals surface area contributed by atoms with Crippen molar-refractivity contribution in [2.75, 3.05) is 23.9 Å². The lowest BCUT2D eigenvalue weighted by atomic mass is 10.1. The number of aromatic nitrogens is 1. The van der Waals surface area contributed by atoms with Crippen LogP contribution in [-0.2, 0) is 4.74 Å². The van der Waals surface area contributed by atoms with E-state index in [-0.39, 0.29) is 12.5 Å². The van der Waals surface area contributed by atoms with E-state index in [1.54, 1.807) is 43.5 Å². The lowest BCUT2D eigenvalue weighted by Crippen LogP contribution is -2.17. The molecule has 0 spiro atoms. The summed E-state index contributed by atoms with van der Waals surface area (Å²) in [6.07, 6.45) is 3.18. The van der Waals surface area contributed by atoms with Gasteiger partial charge in [0.05, 0.1) is 35.3 Å². The Bertz CT molecular complexity index is 974. The number of esters is 1. The average Bonchev–Trinajstić information content (AvgIpc) is 2.74. The number of anilines is 3. The van der Waals surface area contributed by atoms with E-state index < -0.39 is 5.97 Å².